The number of carboxylic acids is 1. The van der Waals surface area contributed by atoms with Gasteiger partial charge in [-0.05, 0) is 0 Å². The van der Waals surface area contributed by atoms with Crippen LogP contribution >= 0.6 is 0 Å². The average Bonchev–Trinajstić information content (AvgIpc) is 2.14. The van der Waals surface area contributed by atoms with Gasteiger partial charge in [0.25, 0.3) is 0 Å². The van der Waals surface area contributed by atoms with Crippen LogP contribution in [-0.4, -0.2) is 43.8 Å². The first-order valence-electron chi connectivity index (χ1n) is 4.47. The summed E-state index contributed by atoms with van der Waals surface area (Å²) in [5.41, 5.74) is 0. The van der Waals surface area contributed by atoms with Gasteiger partial charge in [0.05, 0.1) is 26.2 Å². The van der Waals surface area contributed by atoms with E-state index in [0.29, 0.717) is 19.8 Å². The van der Waals surface area contributed by atoms with Gasteiger partial charge >= 0.3 is 5.97 Å². The van der Waals surface area contributed by atoms with Crippen molar-refractivity contribution in [1.82, 2.24) is 0 Å². The van der Waals surface area contributed by atoms with Crippen molar-refractivity contribution in [3.05, 3.63) is 0 Å². The van der Waals surface area contributed by atoms with Gasteiger partial charge in [-0.2, -0.15) is 0 Å². The third-order valence-electron chi connectivity index (χ3n) is 1.57. The van der Waals surface area contributed by atoms with Crippen LogP contribution in [0.1, 0.15) is 19.3 Å². The molecule has 14 heavy (non-hydrogen) atoms. The molecule has 82 valence electrons. The highest BCUT2D eigenvalue weighted by molar-refractivity contribution is 5.82. The molecular weight excluding hydrogens is 188 g/mol. The first-order chi connectivity index (χ1) is 6.66. The molecule has 1 N–H and O–H groups in total. The van der Waals surface area contributed by atoms with Crippen LogP contribution in [0.2, 0.25) is 0 Å². The van der Waals surface area contributed by atoms with E-state index in [1.807, 2.05) is 0 Å². The second kappa shape index (κ2) is 8.65. The lowest BCUT2D eigenvalue weighted by molar-refractivity contribution is -0.138. The van der Waals surface area contributed by atoms with Crippen LogP contribution in [0.15, 0.2) is 0 Å². The molecule has 0 aliphatic rings. The fraction of sp³-hybridized carbons (Fsp3) is 0.778. The molecule has 0 aliphatic carbocycles. The van der Waals surface area contributed by atoms with Gasteiger partial charge in [-0.3, -0.25) is 9.59 Å². The Morgan fingerprint density at radius 3 is 2.36 bits per heavy atom. The van der Waals surface area contributed by atoms with E-state index in [2.05, 4.69) is 0 Å². The molecule has 0 fully saturated rings. The standard InChI is InChI=1S/C9H16O5/c1-13-6-7-14-5-4-8(10)2-3-9(11)12/h2-7H2,1H3,(H,11,12). The first kappa shape index (κ1) is 13.1. The van der Waals surface area contributed by atoms with Crippen LogP contribution in [0.5, 0.6) is 0 Å². The second-order valence-corrected chi connectivity index (χ2v) is 2.79. The Hall–Kier alpha value is -0.940. The van der Waals surface area contributed by atoms with Crippen molar-refractivity contribution < 1.29 is 24.2 Å². The zero-order valence-electron chi connectivity index (χ0n) is 8.32. The van der Waals surface area contributed by atoms with E-state index in [0.717, 1.165) is 0 Å². The molecule has 0 spiro atoms. The molecule has 5 heteroatoms. The summed E-state index contributed by atoms with van der Waals surface area (Å²) in [6, 6.07) is 0. The SMILES string of the molecule is COCCOCCC(=O)CCC(=O)O. The maximum Gasteiger partial charge on any atom is 0.303 e. The van der Waals surface area contributed by atoms with E-state index in [1.54, 1.807) is 7.11 Å². The summed E-state index contributed by atoms with van der Waals surface area (Å²) in [7, 11) is 1.57. The highest BCUT2D eigenvalue weighted by atomic mass is 16.5. The van der Waals surface area contributed by atoms with E-state index in [4.69, 9.17) is 14.6 Å². The van der Waals surface area contributed by atoms with Gasteiger partial charge in [0.15, 0.2) is 0 Å². The lowest BCUT2D eigenvalue weighted by atomic mass is 10.2. The quantitative estimate of drug-likeness (QED) is 0.553. The molecule has 0 unspecified atom stereocenters. The molecule has 0 saturated carbocycles. The molecule has 0 aromatic rings. The predicted octanol–water partition coefficient (Wildman–Crippen LogP) is 0.473. The minimum Gasteiger partial charge on any atom is -0.481 e. The Kier molecular flexibility index (Phi) is 8.07. The van der Waals surface area contributed by atoms with Crippen LogP contribution in [0.3, 0.4) is 0 Å². The summed E-state index contributed by atoms with van der Waals surface area (Å²) in [4.78, 5) is 21.1. The summed E-state index contributed by atoms with van der Waals surface area (Å²) in [6.45, 7) is 1.30. The number of methoxy groups -OCH3 is 1. The van der Waals surface area contributed by atoms with Gasteiger partial charge in [0, 0.05) is 20.0 Å². The fourth-order valence-electron chi connectivity index (χ4n) is 0.802. The number of carbonyl (C=O) groups is 2. The largest absolute Gasteiger partial charge is 0.481 e. The van der Waals surface area contributed by atoms with Crippen LogP contribution < -0.4 is 0 Å². The normalized spacial score (nSPS) is 10.1. The molecule has 0 amide bonds. The van der Waals surface area contributed by atoms with Crippen LogP contribution in [0.25, 0.3) is 0 Å². The number of carbonyl (C=O) groups excluding carboxylic acids is 1. The number of carboxylic acid groups (broad SMARTS) is 1. The highest BCUT2D eigenvalue weighted by Gasteiger charge is 2.04. The van der Waals surface area contributed by atoms with Gasteiger partial charge in [0.2, 0.25) is 0 Å². The van der Waals surface area contributed by atoms with Crippen molar-refractivity contribution in [2.24, 2.45) is 0 Å². The van der Waals surface area contributed by atoms with Crippen molar-refractivity contribution in [2.45, 2.75) is 19.3 Å². The van der Waals surface area contributed by atoms with Gasteiger partial charge < -0.3 is 14.6 Å². The highest BCUT2D eigenvalue weighted by Crippen LogP contribution is 1.95. The number of ketones is 1. The van der Waals surface area contributed by atoms with Crippen LogP contribution in [0, 0.1) is 0 Å². The molecule has 0 aliphatic heterocycles. The molecule has 0 bridgehead atoms. The van der Waals surface area contributed by atoms with E-state index in [-0.39, 0.29) is 25.0 Å². The molecule has 0 atom stereocenters. The van der Waals surface area contributed by atoms with E-state index in [1.165, 1.54) is 0 Å². The van der Waals surface area contributed by atoms with Gasteiger partial charge in [0.1, 0.15) is 5.78 Å². The van der Waals surface area contributed by atoms with E-state index in [9.17, 15) is 9.59 Å². The Bertz CT molecular complexity index is 178. The fourth-order valence-corrected chi connectivity index (χ4v) is 0.802. The van der Waals surface area contributed by atoms with Crippen molar-refractivity contribution in [3.8, 4) is 0 Å². The Balaban J connectivity index is 3.22. The third kappa shape index (κ3) is 9.15. The minimum atomic E-state index is -0.946. The average molecular weight is 204 g/mol. The number of aliphatic carboxylic acids is 1. The molecular formula is C9H16O5. The molecule has 0 radical (unpaired) electrons. The number of ether oxygens (including phenoxy) is 2. The molecule has 0 heterocycles. The zero-order valence-corrected chi connectivity index (χ0v) is 8.32. The van der Waals surface area contributed by atoms with Crippen LogP contribution in [0.4, 0.5) is 0 Å². The van der Waals surface area contributed by atoms with Crippen molar-refractivity contribution in [2.75, 3.05) is 26.9 Å². The van der Waals surface area contributed by atoms with E-state index < -0.39 is 5.97 Å². The first-order valence-corrected chi connectivity index (χ1v) is 4.47. The Morgan fingerprint density at radius 2 is 1.79 bits per heavy atom. The minimum absolute atomic E-state index is 0.0789. The lowest BCUT2D eigenvalue weighted by Gasteiger charge is -2.02. The maximum absolute atomic E-state index is 11.0. The van der Waals surface area contributed by atoms with E-state index >= 15 is 0 Å². The Labute approximate surface area is 83.0 Å². The maximum atomic E-state index is 11.0. The number of hydrogen-bond donors (Lipinski definition) is 1. The number of Topliss-reactive ketones (excluding diaryl/α,β-unsaturated/α-hetero) is 1. The van der Waals surface area contributed by atoms with Gasteiger partial charge in [-0.1, -0.05) is 0 Å². The Morgan fingerprint density at radius 1 is 1.07 bits per heavy atom. The molecule has 0 saturated heterocycles. The number of hydrogen-bond acceptors (Lipinski definition) is 4. The zero-order chi connectivity index (χ0) is 10.8. The molecule has 0 aromatic heterocycles. The molecule has 0 aromatic carbocycles. The predicted molar refractivity (Wildman–Crippen MR) is 49.2 cm³/mol. The van der Waals surface area contributed by atoms with Crippen LogP contribution in [-0.2, 0) is 19.1 Å². The third-order valence-corrected chi connectivity index (χ3v) is 1.57. The lowest BCUT2D eigenvalue weighted by Crippen LogP contribution is -2.09. The summed E-state index contributed by atoms with van der Waals surface area (Å²) in [6.07, 6.45) is 0.261. The summed E-state index contributed by atoms with van der Waals surface area (Å²) in [5.74, 6) is -1.02. The van der Waals surface area contributed by atoms with Gasteiger partial charge in [-0.15, -0.1) is 0 Å². The van der Waals surface area contributed by atoms with Crippen molar-refractivity contribution in [1.29, 1.82) is 0 Å². The van der Waals surface area contributed by atoms with Gasteiger partial charge in [-0.25, -0.2) is 0 Å². The smallest absolute Gasteiger partial charge is 0.303 e. The van der Waals surface area contributed by atoms with Crippen molar-refractivity contribution >= 4 is 11.8 Å². The monoisotopic (exact) mass is 204 g/mol. The van der Waals surface area contributed by atoms with Crippen molar-refractivity contribution in [3.63, 3.8) is 0 Å². The number of rotatable bonds is 9. The molecule has 0 rings (SSSR count). The summed E-state index contributed by atoms with van der Waals surface area (Å²) in [5, 5.41) is 8.30. The molecule has 5 nitrogen and oxygen atoms in total. The summed E-state index contributed by atoms with van der Waals surface area (Å²) < 4.78 is 9.80. The summed E-state index contributed by atoms with van der Waals surface area (Å²) >= 11 is 0. The second-order valence-electron chi connectivity index (χ2n) is 2.79. The topological polar surface area (TPSA) is 72.8 Å².